The average molecular weight is 266 g/mol. The molecule has 0 amide bonds. The maximum absolute atomic E-state index is 11.8. The molecular formula is C15H22O4. The Balaban J connectivity index is 2.29. The summed E-state index contributed by atoms with van der Waals surface area (Å²) in [5.74, 6) is -0.101. The molecule has 4 heteroatoms. The van der Waals surface area contributed by atoms with E-state index in [1.54, 1.807) is 6.92 Å². The highest BCUT2D eigenvalue weighted by atomic mass is 16.6. The first-order chi connectivity index (χ1) is 8.92. The SMILES string of the molecule is CC(=O)CC[C@H]1[C@H](C)CC[C@H]2[C@@H](C)C(=O)O[C@@]12C=O. The number of carbonyl (C=O) groups is 3. The Morgan fingerprint density at radius 1 is 1.42 bits per heavy atom. The second kappa shape index (κ2) is 5.06. The van der Waals surface area contributed by atoms with Crippen LogP contribution in [0.1, 0.15) is 46.5 Å². The summed E-state index contributed by atoms with van der Waals surface area (Å²) in [4.78, 5) is 34.8. The average Bonchev–Trinajstić information content (AvgIpc) is 2.61. The van der Waals surface area contributed by atoms with Crippen molar-refractivity contribution < 1.29 is 19.1 Å². The molecule has 0 N–H and O–H groups in total. The Morgan fingerprint density at radius 2 is 2.11 bits per heavy atom. The minimum Gasteiger partial charge on any atom is -0.450 e. The molecule has 1 saturated carbocycles. The molecule has 1 aliphatic carbocycles. The Hall–Kier alpha value is -1.19. The smallest absolute Gasteiger partial charge is 0.310 e. The van der Waals surface area contributed by atoms with Gasteiger partial charge in [-0.1, -0.05) is 13.8 Å². The van der Waals surface area contributed by atoms with E-state index in [2.05, 4.69) is 6.92 Å². The lowest BCUT2D eigenvalue weighted by atomic mass is 9.61. The highest BCUT2D eigenvalue weighted by Gasteiger charge is 2.60. The van der Waals surface area contributed by atoms with Gasteiger partial charge in [-0.15, -0.1) is 0 Å². The van der Waals surface area contributed by atoms with Crippen LogP contribution in [-0.2, 0) is 19.1 Å². The molecule has 1 aliphatic heterocycles. The summed E-state index contributed by atoms with van der Waals surface area (Å²) in [6.45, 7) is 5.49. The minimum atomic E-state index is -0.983. The van der Waals surface area contributed by atoms with E-state index in [4.69, 9.17) is 4.74 Å². The third-order valence-electron chi connectivity index (χ3n) is 5.02. The van der Waals surface area contributed by atoms with Gasteiger partial charge < -0.3 is 9.53 Å². The van der Waals surface area contributed by atoms with E-state index < -0.39 is 5.60 Å². The highest BCUT2D eigenvalue weighted by Crippen LogP contribution is 2.52. The first kappa shape index (κ1) is 14.2. The summed E-state index contributed by atoms with van der Waals surface area (Å²) in [7, 11) is 0. The molecule has 19 heavy (non-hydrogen) atoms. The van der Waals surface area contributed by atoms with Crippen molar-refractivity contribution in [2.24, 2.45) is 23.7 Å². The first-order valence-corrected chi connectivity index (χ1v) is 7.11. The third kappa shape index (κ3) is 2.21. The summed E-state index contributed by atoms with van der Waals surface area (Å²) in [5, 5.41) is 0. The molecule has 0 aromatic rings. The molecule has 1 saturated heterocycles. The van der Waals surface area contributed by atoms with E-state index in [1.807, 2.05) is 6.92 Å². The maximum Gasteiger partial charge on any atom is 0.310 e. The monoisotopic (exact) mass is 266 g/mol. The summed E-state index contributed by atoms with van der Waals surface area (Å²) < 4.78 is 5.51. The molecule has 1 heterocycles. The van der Waals surface area contributed by atoms with Gasteiger partial charge in [-0.2, -0.15) is 0 Å². The van der Waals surface area contributed by atoms with Crippen LogP contribution in [0, 0.1) is 23.7 Å². The molecule has 0 aromatic heterocycles. The van der Waals surface area contributed by atoms with Gasteiger partial charge in [-0.25, -0.2) is 0 Å². The van der Waals surface area contributed by atoms with Gasteiger partial charge in [-0.05, 0) is 32.1 Å². The number of ether oxygens (including phenoxy) is 1. The lowest BCUT2D eigenvalue weighted by Crippen LogP contribution is -2.51. The van der Waals surface area contributed by atoms with E-state index in [0.29, 0.717) is 18.8 Å². The quantitative estimate of drug-likeness (QED) is 0.578. The van der Waals surface area contributed by atoms with Crippen molar-refractivity contribution in [1.29, 1.82) is 0 Å². The minimum absolute atomic E-state index is 0.0225. The van der Waals surface area contributed by atoms with Crippen LogP contribution >= 0.6 is 0 Å². The van der Waals surface area contributed by atoms with E-state index in [-0.39, 0.29) is 29.5 Å². The van der Waals surface area contributed by atoms with Crippen LogP contribution in [0.15, 0.2) is 0 Å². The van der Waals surface area contributed by atoms with E-state index in [1.165, 1.54) is 0 Å². The normalized spacial score (nSPS) is 41.5. The largest absolute Gasteiger partial charge is 0.450 e. The molecule has 0 bridgehead atoms. The van der Waals surface area contributed by atoms with Gasteiger partial charge in [-0.3, -0.25) is 9.59 Å². The fourth-order valence-electron chi connectivity index (χ4n) is 3.88. The van der Waals surface area contributed by atoms with Crippen LogP contribution in [0.5, 0.6) is 0 Å². The van der Waals surface area contributed by atoms with Crippen LogP contribution < -0.4 is 0 Å². The van der Waals surface area contributed by atoms with Crippen molar-refractivity contribution in [3.8, 4) is 0 Å². The topological polar surface area (TPSA) is 60.4 Å². The van der Waals surface area contributed by atoms with E-state index in [9.17, 15) is 14.4 Å². The Kier molecular flexibility index (Phi) is 3.79. The zero-order chi connectivity index (χ0) is 14.2. The predicted octanol–water partition coefficient (Wildman–Crippen LogP) is 2.15. The van der Waals surface area contributed by atoms with Crippen molar-refractivity contribution in [3.05, 3.63) is 0 Å². The zero-order valence-corrected chi connectivity index (χ0v) is 11.8. The third-order valence-corrected chi connectivity index (χ3v) is 5.02. The maximum atomic E-state index is 11.8. The Bertz CT molecular complexity index is 403. The number of hydrogen-bond donors (Lipinski definition) is 0. The Labute approximate surface area is 113 Å². The van der Waals surface area contributed by atoms with Gasteiger partial charge in [0.25, 0.3) is 0 Å². The molecule has 0 aromatic carbocycles. The number of carbonyl (C=O) groups excluding carboxylic acids is 3. The number of esters is 1. The first-order valence-electron chi connectivity index (χ1n) is 7.11. The summed E-state index contributed by atoms with van der Waals surface area (Å²) in [6, 6.07) is 0. The second-order valence-electron chi connectivity index (χ2n) is 6.19. The second-order valence-corrected chi connectivity index (χ2v) is 6.19. The van der Waals surface area contributed by atoms with Gasteiger partial charge in [0.2, 0.25) is 0 Å². The molecule has 0 radical (unpaired) electrons. The highest BCUT2D eigenvalue weighted by molar-refractivity contribution is 5.82. The van der Waals surface area contributed by atoms with Crippen molar-refractivity contribution in [2.75, 3.05) is 0 Å². The van der Waals surface area contributed by atoms with Crippen molar-refractivity contribution in [1.82, 2.24) is 0 Å². The van der Waals surface area contributed by atoms with Gasteiger partial charge in [0.15, 0.2) is 11.9 Å². The van der Waals surface area contributed by atoms with Gasteiger partial charge in [0.1, 0.15) is 5.78 Å². The predicted molar refractivity (Wildman–Crippen MR) is 69.3 cm³/mol. The number of fused-ring (bicyclic) bond motifs is 1. The fourth-order valence-corrected chi connectivity index (χ4v) is 3.88. The molecule has 106 valence electrons. The van der Waals surface area contributed by atoms with E-state index >= 15 is 0 Å². The number of hydrogen-bond acceptors (Lipinski definition) is 4. The van der Waals surface area contributed by atoms with Crippen molar-refractivity contribution in [3.63, 3.8) is 0 Å². The standard InChI is InChI=1S/C15H22O4/c1-9-4-6-13-11(3)14(18)19-15(13,8-16)12(9)7-5-10(2)17/h8-9,11-13H,4-7H2,1-3H3/t9-,11-,12+,13+,15+/m1/s1. The molecule has 0 unspecified atom stereocenters. The molecule has 4 nitrogen and oxygen atoms in total. The van der Waals surface area contributed by atoms with Crippen molar-refractivity contribution >= 4 is 18.0 Å². The number of ketones is 1. The lowest BCUT2D eigenvalue weighted by Gasteiger charge is -2.44. The number of rotatable bonds is 4. The van der Waals surface area contributed by atoms with Gasteiger partial charge in [0.05, 0.1) is 5.92 Å². The molecule has 2 fully saturated rings. The van der Waals surface area contributed by atoms with Gasteiger partial charge in [0, 0.05) is 18.3 Å². The summed E-state index contributed by atoms with van der Waals surface area (Å²) in [5.41, 5.74) is -0.983. The number of aldehydes is 1. The fraction of sp³-hybridized carbons (Fsp3) is 0.800. The van der Waals surface area contributed by atoms with Crippen LogP contribution in [0.3, 0.4) is 0 Å². The molecule has 0 spiro atoms. The van der Waals surface area contributed by atoms with Crippen LogP contribution in [-0.4, -0.2) is 23.6 Å². The van der Waals surface area contributed by atoms with Gasteiger partial charge >= 0.3 is 5.97 Å². The summed E-state index contributed by atoms with van der Waals surface area (Å²) in [6.07, 6.45) is 3.75. The molecular weight excluding hydrogens is 244 g/mol. The van der Waals surface area contributed by atoms with Crippen LogP contribution in [0.4, 0.5) is 0 Å². The molecule has 5 atom stereocenters. The Morgan fingerprint density at radius 3 is 2.68 bits per heavy atom. The lowest BCUT2D eigenvalue weighted by molar-refractivity contribution is -0.166. The molecule has 2 aliphatic rings. The zero-order valence-electron chi connectivity index (χ0n) is 11.8. The van der Waals surface area contributed by atoms with Crippen LogP contribution in [0.25, 0.3) is 0 Å². The summed E-state index contributed by atoms with van der Waals surface area (Å²) >= 11 is 0. The molecule has 2 rings (SSSR count). The van der Waals surface area contributed by atoms with Crippen LogP contribution in [0.2, 0.25) is 0 Å². The van der Waals surface area contributed by atoms with Crippen molar-refractivity contribution in [2.45, 2.75) is 52.1 Å². The number of Topliss-reactive ketones (excluding diaryl/α,β-unsaturated/α-hetero) is 1. The van der Waals surface area contributed by atoms with E-state index in [0.717, 1.165) is 19.1 Å².